The van der Waals surface area contributed by atoms with E-state index in [4.69, 9.17) is 0 Å². The summed E-state index contributed by atoms with van der Waals surface area (Å²) < 4.78 is 0. The zero-order chi connectivity index (χ0) is 16.9. The lowest BCUT2D eigenvalue weighted by Crippen LogP contribution is -2.44. The van der Waals surface area contributed by atoms with Crippen LogP contribution in [0.2, 0.25) is 0 Å². The lowest BCUT2D eigenvalue weighted by molar-refractivity contribution is -0.138. The summed E-state index contributed by atoms with van der Waals surface area (Å²) in [5.74, 6) is -0.628. The maximum absolute atomic E-state index is 12.4. The monoisotopic (exact) mass is 310 g/mol. The van der Waals surface area contributed by atoms with Gasteiger partial charge in [0.15, 0.2) is 0 Å². The third-order valence-electron chi connectivity index (χ3n) is 3.74. The van der Waals surface area contributed by atoms with Crippen molar-refractivity contribution >= 4 is 17.5 Å². The highest BCUT2D eigenvalue weighted by molar-refractivity contribution is 6.09. The quantitative estimate of drug-likeness (QED) is 0.833. The lowest BCUT2D eigenvalue weighted by Gasteiger charge is -2.22. The first-order chi connectivity index (χ1) is 10.9. The molecule has 0 radical (unpaired) electrons. The summed E-state index contributed by atoms with van der Waals surface area (Å²) in [5, 5.41) is 5.59. The second-order valence-electron chi connectivity index (χ2n) is 6.11. The Morgan fingerprint density at radius 1 is 0.913 bits per heavy atom. The summed E-state index contributed by atoms with van der Waals surface area (Å²) in [7, 11) is 0. The number of hydrogen-bond donors (Lipinski definition) is 2. The van der Waals surface area contributed by atoms with Crippen LogP contribution in [0.15, 0.2) is 54.6 Å². The van der Waals surface area contributed by atoms with Crippen LogP contribution in [-0.2, 0) is 16.1 Å². The number of carbonyl (C=O) groups is 2. The third-order valence-corrected chi connectivity index (χ3v) is 3.74. The van der Waals surface area contributed by atoms with Crippen molar-refractivity contribution in [3.63, 3.8) is 0 Å². The van der Waals surface area contributed by atoms with Crippen molar-refractivity contribution in [3.8, 4) is 0 Å². The van der Waals surface area contributed by atoms with Gasteiger partial charge in [-0.2, -0.15) is 0 Å². The van der Waals surface area contributed by atoms with Crippen molar-refractivity contribution in [2.45, 2.75) is 27.3 Å². The predicted octanol–water partition coefficient (Wildman–Crippen LogP) is 3.28. The fourth-order valence-electron chi connectivity index (χ4n) is 2.02. The van der Waals surface area contributed by atoms with Crippen molar-refractivity contribution in [1.82, 2.24) is 5.32 Å². The molecule has 2 amide bonds. The molecule has 2 N–H and O–H groups in total. The fraction of sp³-hybridized carbons (Fsp3) is 0.263. The summed E-state index contributed by atoms with van der Waals surface area (Å²) in [6.07, 6.45) is 0. The van der Waals surface area contributed by atoms with Crippen LogP contribution in [0.4, 0.5) is 5.69 Å². The maximum atomic E-state index is 12.4. The predicted molar refractivity (Wildman–Crippen MR) is 91.9 cm³/mol. The lowest BCUT2D eigenvalue weighted by atomic mass is 9.90. The molecule has 2 aromatic carbocycles. The zero-order valence-electron chi connectivity index (χ0n) is 13.7. The number of rotatable bonds is 5. The molecular weight excluding hydrogens is 288 g/mol. The van der Waals surface area contributed by atoms with Gasteiger partial charge in [-0.3, -0.25) is 9.59 Å². The van der Waals surface area contributed by atoms with Gasteiger partial charge in [-0.05, 0) is 38.5 Å². The van der Waals surface area contributed by atoms with Crippen LogP contribution in [0, 0.1) is 12.3 Å². The van der Waals surface area contributed by atoms with Gasteiger partial charge in [-0.25, -0.2) is 0 Å². The van der Waals surface area contributed by atoms with Gasteiger partial charge in [0, 0.05) is 12.2 Å². The van der Waals surface area contributed by atoms with Crippen LogP contribution in [0.25, 0.3) is 0 Å². The Balaban J connectivity index is 1.96. The molecule has 0 fully saturated rings. The van der Waals surface area contributed by atoms with Crippen LogP contribution in [0.5, 0.6) is 0 Å². The van der Waals surface area contributed by atoms with Crippen molar-refractivity contribution in [1.29, 1.82) is 0 Å². The van der Waals surface area contributed by atoms with E-state index in [1.165, 1.54) is 5.56 Å². The maximum Gasteiger partial charge on any atom is 0.239 e. The topological polar surface area (TPSA) is 58.2 Å². The molecule has 0 heterocycles. The molecule has 0 atom stereocenters. The van der Waals surface area contributed by atoms with Gasteiger partial charge in [0.1, 0.15) is 5.41 Å². The number of para-hydroxylation sites is 1. The number of nitrogens with one attached hydrogen (secondary N) is 2. The van der Waals surface area contributed by atoms with Gasteiger partial charge in [0.2, 0.25) is 11.8 Å². The minimum Gasteiger partial charge on any atom is -0.351 e. The van der Waals surface area contributed by atoms with E-state index in [1.807, 2.05) is 49.4 Å². The Morgan fingerprint density at radius 2 is 1.52 bits per heavy atom. The fourth-order valence-corrected chi connectivity index (χ4v) is 2.02. The number of carbonyl (C=O) groups excluding carboxylic acids is 2. The number of hydrogen-bond acceptors (Lipinski definition) is 2. The van der Waals surface area contributed by atoms with E-state index in [-0.39, 0.29) is 11.8 Å². The van der Waals surface area contributed by atoms with Gasteiger partial charge in [-0.15, -0.1) is 0 Å². The largest absolute Gasteiger partial charge is 0.351 e. The molecular formula is C19H22N2O2. The van der Waals surface area contributed by atoms with E-state index in [2.05, 4.69) is 10.6 Å². The highest BCUT2D eigenvalue weighted by atomic mass is 16.2. The first kappa shape index (κ1) is 16.7. The molecule has 2 aromatic rings. The zero-order valence-corrected chi connectivity index (χ0v) is 13.7. The first-order valence-electron chi connectivity index (χ1n) is 7.60. The molecule has 120 valence electrons. The van der Waals surface area contributed by atoms with Gasteiger partial charge in [0.05, 0.1) is 0 Å². The molecule has 23 heavy (non-hydrogen) atoms. The summed E-state index contributed by atoms with van der Waals surface area (Å²) >= 11 is 0. The molecule has 0 saturated carbocycles. The van der Waals surface area contributed by atoms with Gasteiger partial charge in [0.25, 0.3) is 0 Å². The standard InChI is InChI=1S/C19H22N2O2/c1-14-9-11-15(12-10-14)13-20-17(22)19(2,3)18(23)21-16-7-5-4-6-8-16/h4-12H,13H2,1-3H3,(H,20,22)(H,21,23). The molecule has 0 saturated heterocycles. The van der Waals surface area contributed by atoms with Crippen LogP contribution in [0.1, 0.15) is 25.0 Å². The molecule has 0 aliphatic rings. The molecule has 0 bridgehead atoms. The summed E-state index contributed by atoms with van der Waals surface area (Å²) in [4.78, 5) is 24.7. The highest BCUT2D eigenvalue weighted by Gasteiger charge is 2.35. The van der Waals surface area contributed by atoms with Crippen LogP contribution in [-0.4, -0.2) is 11.8 Å². The van der Waals surface area contributed by atoms with Gasteiger partial charge >= 0.3 is 0 Å². The minimum atomic E-state index is -1.15. The molecule has 2 rings (SSSR count). The van der Waals surface area contributed by atoms with E-state index in [0.29, 0.717) is 12.2 Å². The normalized spacial score (nSPS) is 10.9. The summed E-state index contributed by atoms with van der Waals surface area (Å²) in [6.45, 7) is 5.66. The Labute approximate surface area is 136 Å². The van der Waals surface area contributed by atoms with E-state index < -0.39 is 5.41 Å². The first-order valence-corrected chi connectivity index (χ1v) is 7.60. The molecule has 0 spiro atoms. The number of anilines is 1. The Hall–Kier alpha value is -2.62. The number of amides is 2. The smallest absolute Gasteiger partial charge is 0.239 e. The van der Waals surface area contributed by atoms with Crippen LogP contribution in [0.3, 0.4) is 0 Å². The number of aryl methyl sites for hydroxylation is 1. The molecule has 0 unspecified atom stereocenters. The number of benzene rings is 2. The summed E-state index contributed by atoms with van der Waals surface area (Å²) in [6, 6.07) is 17.0. The van der Waals surface area contributed by atoms with Gasteiger partial charge in [-0.1, -0.05) is 48.0 Å². The molecule has 4 heteroatoms. The Bertz CT molecular complexity index is 676. The highest BCUT2D eigenvalue weighted by Crippen LogP contribution is 2.19. The third kappa shape index (κ3) is 4.42. The minimum absolute atomic E-state index is 0.300. The van der Waals surface area contributed by atoms with Crippen LogP contribution >= 0.6 is 0 Å². The van der Waals surface area contributed by atoms with Crippen LogP contribution < -0.4 is 10.6 Å². The van der Waals surface area contributed by atoms with E-state index in [9.17, 15) is 9.59 Å². The molecule has 0 aromatic heterocycles. The van der Waals surface area contributed by atoms with Crippen molar-refractivity contribution in [2.75, 3.05) is 5.32 Å². The second-order valence-corrected chi connectivity index (χ2v) is 6.11. The average molecular weight is 310 g/mol. The summed E-state index contributed by atoms with van der Waals surface area (Å²) in [5.41, 5.74) is 1.70. The molecule has 4 nitrogen and oxygen atoms in total. The van der Waals surface area contributed by atoms with E-state index >= 15 is 0 Å². The van der Waals surface area contributed by atoms with E-state index in [0.717, 1.165) is 5.56 Å². The Morgan fingerprint density at radius 3 is 2.13 bits per heavy atom. The SMILES string of the molecule is Cc1ccc(CNC(=O)C(C)(C)C(=O)Nc2ccccc2)cc1. The van der Waals surface area contributed by atoms with E-state index in [1.54, 1.807) is 26.0 Å². The van der Waals surface area contributed by atoms with Gasteiger partial charge < -0.3 is 10.6 Å². The van der Waals surface area contributed by atoms with Crippen molar-refractivity contribution in [2.24, 2.45) is 5.41 Å². The second kappa shape index (κ2) is 7.09. The average Bonchev–Trinajstić information content (AvgIpc) is 2.54. The van der Waals surface area contributed by atoms with Crippen molar-refractivity contribution < 1.29 is 9.59 Å². The molecule has 0 aliphatic carbocycles. The van der Waals surface area contributed by atoms with Crippen molar-refractivity contribution in [3.05, 3.63) is 65.7 Å². The molecule has 0 aliphatic heterocycles. The Kier molecular flexibility index (Phi) is 5.16.